The number of ether oxygens (including phenoxy) is 3. The van der Waals surface area contributed by atoms with Gasteiger partial charge in [0.15, 0.2) is 6.10 Å². The Labute approximate surface area is 419 Å². The Bertz CT molecular complexity index is 1410. The van der Waals surface area contributed by atoms with Gasteiger partial charge in [0.05, 0.1) is 0 Å². The topological polar surface area (TPSA) is 78.9 Å². The Hall–Kier alpha value is -3.93. The molecule has 1 unspecified atom stereocenters. The summed E-state index contributed by atoms with van der Waals surface area (Å²) in [6.07, 6.45) is 75.1. The van der Waals surface area contributed by atoms with Crippen molar-refractivity contribution < 1.29 is 28.6 Å². The van der Waals surface area contributed by atoms with Gasteiger partial charge in [0, 0.05) is 19.3 Å². The molecule has 6 nitrogen and oxygen atoms in total. The summed E-state index contributed by atoms with van der Waals surface area (Å²) in [6, 6.07) is 0. The lowest BCUT2D eigenvalue weighted by Gasteiger charge is -2.18. The fraction of sp³-hybridized carbons (Fsp3) is 0.661. The van der Waals surface area contributed by atoms with E-state index in [0.717, 1.165) is 77.0 Å². The molecule has 0 aromatic heterocycles. The maximum absolute atomic E-state index is 12.8. The van der Waals surface area contributed by atoms with Crippen molar-refractivity contribution in [1.82, 2.24) is 0 Å². The van der Waals surface area contributed by atoms with Crippen LogP contribution in [0, 0.1) is 0 Å². The summed E-state index contributed by atoms with van der Waals surface area (Å²) in [5, 5.41) is 0. The normalized spacial score (nSPS) is 12.9. The van der Waals surface area contributed by atoms with Gasteiger partial charge in [-0.2, -0.15) is 0 Å². The van der Waals surface area contributed by atoms with Gasteiger partial charge in [-0.1, -0.05) is 278 Å². The number of carbonyl (C=O) groups excluding carboxylic acids is 3. The first-order chi connectivity index (χ1) is 33.5. The van der Waals surface area contributed by atoms with Gasteiger partial charge in [0.2, 0.25) is 0 Å². The van der Waals surface area contributed by atoms with Crippen LogP contribution in [0.3, 0.4) is 0 Å². The standard InChI is InChI=1S/C62H102O6/c1-4-7-10-13-16-19-22-25-27-29-31-33-34-37-40-43-46-49-52-55-61(64)67-58-59(57-66-60(63)54-51-48-45-42-39-36-24-21-18-15-12-9-6-3)68-62(65)56-53-50-47-44-41-38-35-32-30-28-26-23-20-17-14-11-8-5-2/h9,12,15,17-18,20-21,23-24,26,28,30,32,35-36,39,42,45,59H,4-8,10-11,13-14,16,19,22,25,27,29,31,33-34,37-38,40-41,43-44,46-58H2,1-3H3/b12-9-,18-15-,20-17-,24-21-,26-23-,30-28-,35-32-,39-36-,45-42-. The number of unbranched alkanes of at least 4 members (excludes halogenated alkanes) is 27. The molecule has 0 bridgehead atoms. The Balaban J connectivity index is 4.48. The fourth-order valence-corrected chi connectivity index (χ4v) is 7.54. The molecule has 0 aliphatic heterocycles. The third kappa shape index (κ3) is 53.0. The summed E-state index contributed by atoms with van der Waals surface area (Å²) < 4.78 is 16.8. The molecule has 1 atom stereocenters. The van der Waals surface area contributed by atoms with E-state index in [0.29, 0.717) is 12.8 Å². The van der Waals surface area contributed by atoms with Crippen molar-refractivity contribution in [3.8, 4) is 0 Å². The molecular weight excluding hydrogens is 841 g/mol. The molecule has 0 saturated heterocycles. The van der Waals surface area contributed by atoms with Crippen molar-refractivity contribution >= 4 is 17.9 Å². The predicted octanol–water partition coefficient (Wildman–Crippen LogP) is 18.7. The predicted molar refractivity (Wildman–Crippen MR) is 293 cm³/mol. The van der Waals surface area contributed by atoms with E-state index >= 15 is 0 Å². The van der Waals surface area contributed by atoms with Gasteiger partial charge < -0.3 is 14.2 Å². The van der Waals surface area contributed by atoms with Crippen LogP contribution < -0.4 is 0 Å². The third-order valence-corrected chi connectivity index (χ3v) is 11.7. The first kappa shape index (κ1) is 64.1. The number of esters is 3. The molecule has 0 amide bonds. The second-order valence-corrected chi connectivity index (χ2v) is 18.3. The first-order valence-electron chi connectivity index (χ1n) is 28.0. The molecule has 0 spiro atoms. The van der Waals surface area contributed by atoms with E-state index in [9.17, 15) is 14.4 Å². The second kappa shape index (κ2) is 55.7. The Morgan fingerprint density at radius 1 is 0.309 bits per heavy atom. The van der Waals surface area contributed by atoms with E-state index in [4.69, 9.17) is 14.2 Å². The molecular formula is C62H102O6. The zero-order valence-corrected chi connectivity index (χ0v) is 44.1. The van der Waals surface area contributed by atoms with Crippen LogP contribution in [-0.2, 0) is 28.6 Å². The summed E-state index contributed by atoms with van der Waals surface area (Å²) >= 11 is 0. The van der Waals surface area contributed by atoms with Crippen LogP contribution in [0.25, 0.3) is 0 Å². The molecule has 0 heterocycles. The highest BCUT2D eigenvalue weighted by Crippen LogP contribution is 2.16. The molecule has 6 heteroatoms. The van der Waals surface area contributed by atoms with Crippen LogP contribution in [0.5, 0.6) is 0 Å². The maximum Gasteiger partial charge on any atom is 0.306 e. The van der Waals surface area contributed by atoms with Crippen LogP contribution in [0.4, 0.5) is 0 Å². The van der Waals surface area contributed by atoms with E-state index in [1.54, 1.807) is 0 Å². The average molecular weight is 943 g/mol. The highest BCUT2D eigenvalue weighted by Gasteiger charge is 2.19. The minimum absolute atomic E-state index is 0.110. The molecule has 68 heavy (non-hydrogen) atoms. The molecule has 0 rings (SSSR count). The van der Waals surface area contributed by atoms with E-state index < -0.39 is 6.10 Å². The van der Waals surface area contributed by atoms with Crippen molar-refractivity contribution in [3.63, 3.8) is 0 Å². The van der Waals surface area contributed by atoms with Crippen molar-refractivity contribution in [2.75, 3.05) is 13.2 Å². The molecule has 0 aliphatic rings. The van der Waals surface area contributed by atoms with Gasteiger partial charge in [0.25, 0.3) is 0 Å². The molecule has 0 aliphatic carbocycles. The molecule has 0 radical (unpaired) electrons. The monoisotopic (exact) mass is 943 g/mol. The molecule has 0 saturated carbocycles. The van der Waals surface area contributed by atoms with Gasteiger partial charge >= 0.3 is 17.9 Å². The van der Waals surface area contributed by atoms with Crippen LogP contribution in [0.1, 0.15) is 245 Å². The van der Waals surface area contributed by atoms with E-state index in [1.165, 1.54) is 122 Å². The SMILES string of the molecule is CC\C=C/C=C\C=C/C=C\C=C/CCCC(=O)OCC(COC(=O)CCCCCCCCCCCCCCCCCCCCC)OC(=O)CCCCCCC\C=C/C=C\C=C/C=C\CCCCC. The summed E-state index contributed by atoms with van der Waals surface area (Å²) in [5.41, 5.74) is 0. The lowest BCUT2D eigenvalue weighted by atomic mass is 10.0. The Morgan fingerprint density at radius 2 is 0.588 bits per heavy atom. The van der Waals surface area contributed by atoms with Crippen molar-refractivity contribution in [2.24, 2.45) is 0 Å². The number of allylic oxidation sites excluding steroid dienone is 18. The first-order valence-corrected chi connectivity index (χ1v) is 28.0. The smallest absolute Gasteiger partial charge is 0.306 e. The van der Waals surface area contributed by atoms with Gasteiger partial charge in [-0.3, -0.25) is 14.4 Å². The number of hydrogen-bond acceptors (Lipinski definition) is 6. The molecule has 0 N–H and O–H groups in total. The third-order valence-electron chi connectivity index (χ3n) is 11.7. The van der Waals surface area contributed by atoms with E-state index in [2.05, 4.69) is 75.5 Å². The van der Waals surface area contributed by atoms with Crippen LogP contribution >= 0.6 is 0 Å². The lowest BCUT2D eigenvalue weighted by molar-refractivity contribution is -0.167. The van der Waals surface area contributed by atoms with E-state index in [1.807, 2.05) is 54.7 Å². The van der Waals surface area contributed by atoms with Crippen molar-refractivity contribution in [2.45, 2.75) is 252 Å². The zero-order valence-electron chi connectivity index (χ0n) is 44.1. The number of hydrogen-bond donors (Lipinski definition) is 0. The summed E-state index contributed by atoms with van der Waals surface area (Å²) in [4.78, 5) is 38.1. The molecule has 0 aromatic rings. The minimum Gasteiger partial charge on any atom is -0.462 e. The van der Waals surface area contributed by atoms with Crippen LogP contribution in [0.15, 0.2) is 109 Å². The Kier molecular flexibility index (Phi) is 52.4. The quantitative estimate of drug-likeness (QED) is 0.0262. The molecule has 386 valence electrons. The average Bonchev–Trinajstić information content (AvgIpc) is 3.34. The van der Waals surface area contributed by atoms with Crippen molar-refractivity contribution in [1.29, 1.82) is 0 Å². The second-order valence-electron chi connectivity index (χ2n) is 18.3. The number of rotatable bonds is 49. The van der Waals surface area contributed by atoms with Gasteiger partial charge in [0.1, 0.15) is 13.2 Å². The van der Waals surface area contributed by atoms with Gasteiger partial charge in [-0.25, -0.2) is 0 Å². The van der Waals surface area contributed by atoms with Crippen LogP contribution in [-0.4, -0.2) is 37.2 Å². The maximum atomic E-state index is 12.8. The molecule has 0 aromatic carbocycles. The van der Waals surface area contributed by atoms with E-state index in [-0.39, 0.29) is 44.0 Å². The molecule has 0 fully saturated rings. The zero-order chi connectivity index (χ0) is 49.3. The number of carbonyl (C=O) groups is 3. The largest absolute Gasteiger partial charge is 0.462 e. The highest BCUT2D eigenvalue weighted by atomic mass is 16.6. The van der Waals surface area contributed by atoms with Crippen LogP contribution in [0.2, 0.25) is 0 Å². The Morgan fingerprint density at radius 3 is 0.985 bits per heavy atom. The summed E-state index contributed by atoms with van der Waals surface area (Å²) in [5.74, 6) is -1.01. The summed E-state index contributed by atoms with van der Waals surface area (Å²) in [6.45, 7) is 6.38. The highest BCUT2D eigenvalue weighted by molar-refractivity contribution is 5.71. The van der Waals surface area contributed by atoms with Gasteiger partial charge in [-0.15, -0.1) is 0 Å². The minimum atomic E-state index is -0.820. The lowest BCUT2D eigenvalue weighted by Crippen LogP contribution is -2.30. The fourth-order valence-electron chi connectivity index (χ4n) is 7.54. The van der Waals surface area contributed by atoms with Crippen molar-refractivity contribution in [3.05, 3.63) is 109 Å². The van der Waals surface area contributed by atoms with Gasteiger partial charge in [-0.05, 0) is 57.8 Å². The summed E-state index contributed by atoms with van der Waals surface area (Å²) in [7, 11) is 0.